The van der Waals surface area contributed by atoms with Crippen LogP contribution in [0.15, 0.2) is 35.1 Å². The average Bonchev–Trinajstić information content (AvgIpc) is 3.04. The highest BCUT2D eigenvalue weighted by atomic mass is 16.5. The van der Waals surface area contributed by atoms with Crippen LogP contribution in [0, 0.1) is 0 Å². The Morgan fingerprint density at radius 1 is 1.33 bits per heavy atom. The predicted octanol–water partition coefficient (Wildman–Crippen LogP) is 2.48. The summed E-state index contributed by atoms with van der Waals surface area (Å²) in [4.78, 5) is 14.9. The molecule has 3 aromatic heterocycles. The quantitative estimate of drug-likeness (QED) is 0.639. The van der Waals surface area contributed by atoms with E-state index in [-0.39, 0.29) is 5.91 Å². The van der Waals surface area contributed by atoms with Crippen LogP contribution in [0.1, 0.15) is 46.3 Å². The van der Waals surface area contributed by atoms with Gasteiger partial charge in [0.1, 0.15) is 11.3 Å². The van der Waals surface area contributed by atoms with Gasteiger partial charge in [-0.3, -0.25) is 14.2 Å². The number of aryl methyl sites for hydroxylation is 2. The highest BCUT2D eigenvalue weighted by Gasteiger charge is 2.29. The topological polar surface area (TPSA) is 78.3 Å². The number of hydrogen-bond acceptors (Lipinski definition) is 5. The molecule has 8 nitrogen and oxygen atoms in total. The van der Waals surface area contributed by atoms with Gasteiger partial charge in [0.25, 0.3) is 5.91 Å². The Morgan fingerprint density at radius 2 is 2.15 bits per heavy atom. The van der Waals surface area contributed by atoms with Gasteiger partial charge in [-0.25, -0.2) is 0 Å². The molecule has 0 bridgehead atoms. The third kappa shape index (κ3) is 3.60. The maximum Gasteiger partial charge on any atom is 0.261 e. The zero-order valence-electron chi connectivity index (χ0n) is 15.8. The first-order valence-corrected chi connectivity index (χ1v) is 8.97. The van der Waals surface area contributed by atoms with E-state index in [1.165, 1.54) is 25.6 Å². The van der Waals surface area contributed by atoms with Gasteiger partial charge in [-0.1, -0.05) is 0 Å². The molecule has 1 aliphatic carbocycles. The van der Waals surface area contributed by atoms with Crippen LogP contribution >= 0.6 is 0 Å². The second-order valence-corrected chi connectivity index (χ2v) is 6.92. The fourth-order valence-electron chi connectivity index (χ4n) is 3.30. The van der Waals surface area contributed by atoms with Crippen LogP contribution < -0.4 is 4.74 Å². The summed E-state index contributed by atoms with van der Waals surface area (Å²) >= 11 is 0. The maximum atomic E-state index is 13.2. The molecule has 1 amide bonds. The van der Waals surface area contributed by atoms with E-state index in [0.29, 0.717) is 36.2 Å². The van der Waals surface area contributed by atoms with Gasteiger partial charge in [0.2, 0.25) is 5.88 Å². The molecule has 3 heterocycles. The van der Waals surface area contributed by atoms with Gasteiger partial charge >= 0.3 is 0 Å². The van der Waals surface area contributed by atoms with Crippen LogP contribution in [0.5, 0.6) is 5.88 Å². The lowest BCUT2D eigenvalue weighted by Crippen LogP contribution is -2.30. The third-order valence-corrected chi connectivity index (χ3v) is 4.75. The summed E-state index contributed by atoms with van der Waals surface area (Å²) in [5.41, 5.74) is 2.52. The molecule has 1 saturated carbocycles. The number of furan rings is 1. The van der Waals surface area contributed by atoms with Crippen LogP contribution in [0.2, 0.25) is 0 Å². The van der Waals surface area contributed by atoms with Gasteiger partial charge in [-0.05, 0) is 31.0 Å². The Kier molecular flexibility index (Phi) is 4.47. The summed E-state index contributed by atoms with van der Waals surface area (Å²) < 4.78 is 14.2. The molecule has 27 heavy (non-hydrogen) atoms. The van der Waals surface area contributed by atoms with Crippen molar-refractivity contribution in [2.24, 2.45) is 14.1 Å². The maximum absolute atomic E-state index is 13.2. The van der Waals surface area contributed by atoms with Crippen molar-refractivity contribution in [2.45, 2.75) is 31.8 Å². The summed E-state index contributed by atoms with van der Waals surface area (Å²) in [5, 5.41) is 8.80. The highest BCUT2D eigenvalue weighted by Crippen LogP contribution is 2.40. The first kappa shape index (κ1) is 17.4. The Bertz CT molecular complexity index is 937. The van der Waals surface area contributed by atoms with Crippen molar-refractivity contribution in [1.29, 1.82) is 0 Å². The lowest BCUT2D eigenvalue weighted by atomic mass is 10.2. The van der Waals surface area contributed by atoms with Crippen molar-refractivity contribution in [1.82, 2.24) is 24.5 Å². The average molecular weight is 369 g/mol. The highest BCUT2D eigenvalue weighted by molar-refractivity contribution is 5.96. The van der Waals surface area contributed by atoms with Crippen LogP contribution in [0.3, 0.4) is 0 Å². The van der Waals surface area contributed by atoms with E-state index in [9.17, 15) is 4.79 Å². The number of rotatable bonds is 7. The van der Waals surface area contributed by atoms with E-state index in [0.717, 1.165) is 5.69 Å². The van der Waals surface area contributed by atoms with E-state index in [1.54, 1.807) is 29.1 Å². The third-order valence-electron chi connectivity index (χ3n) is 4.75. The lowest BCUT2D eigenvalue weighted by Gasteiger charge is -2.20. The second-order valence-electron chi connectivity index (χ2n) is 6.92. The number of hydrogen-bond donors (Lipinski definition) is 0. The summed E-state index contributed by atoms with van der Waals surface area (Å²) in [7, 11) is 5.23. The number of amides is 1. The van der Waals surface area contributed by atoms with Gasteiger partial charge in [-0.2, -0.15) is 5.10 Å². The summed E-state index contributed by atoms with van der Waals surface area (Å²) in [6, 6.07) is 5.77. The smallest absolute Gasteiger partial charge is 0.261 e. The second kappa shape index (κ2) is 6.94. The fraction of sp³-hybridized carbons (Fsp3) is 0.421. The predicted molar refractivity (Wildman–Crippen MR) is 97.2 cm³/mol. The minimum absolute atomic E-state index is 0.171. The molecule has 4 rings (SSSR count). The van der Waals surface area contributed by atoms with Crippen LogP contribution in [0.4, 0.5) is 0 Å². The van der Waals surface area contributed by atoms with Crippen molar-refractivity contribution < 1.29 is 13.9 Å². The molecule has 3 aromatic rings. The number of ether oxygens (including phenoxy) is 1. The normalized spacial score (nSPS) is 13.7. The van der Waals surface area contributed by atoms with Crippen LogP contribution in [0.25, 0.3) is 0 Å². The standard InChI is InChI=1S/C19H23N5O3/c1-22-12-16(18(21-22)26-3)19(25)24(11-15-5-4-8-27-15)10-14-9-17(13-6-7-13)23(2)20-14/h4-5,8-9,12-13H,6-7,10-11H2,1-3H3. The van der Waals surface area contributed by atoms with E-state index in [1.807, 2.05) is 23.9 Å². The molecule has 1 aliphatic rings. The Labute approximate surface area is 157 Å². The van der Waals surface area contributed by atoms with Crippen molar-refractivity contribution in [3.05, 3.63) is 53.4 Å². The molecule has 0 N–H and O–H groups in total. The number of nitrogens with zero attached hydrogens (tertiary/aromatic N) is 5. The molecule has 0 radical (unpaired) electrons. The van der Waals surface area contributed by atoms with Gasteiger partial charge in [-0.15, -0.1) is 5.10 Å². The Morgan fingerprint density at radius 3 is 2.81 bits per heavy atom. The van der Waals surface area contributed by atoms with E-state index >= 15 is 0 Å². The minimum atomic E-state index is -0.171. The van der Waals surface area contributed by atoms with E-state index in [2.05, 4.69) is 16.3 Å². The molecule has 0 unspecified atom stereocenters. The lowest BCUT2D eigenvalue weighted by molar-refractivity contribution is 0.0711. The molecule has 8 heteroatoms. The van der Waals surface area contributed by atoms with Crippen molar-refractivity contribution in [3.8, 4) is 5.88 Å². The Hall–Kier alpha value is -3.03. The van der Waals surface area contributed by atoms with E-state index < -0.39 is 0 Å². The van der Waals surface area contributed by atoms with Crippen molar-refractivity contribution in [2.75, 3.05) is 7.11 Å². The molecule has 142 valence electrons. The molecule has 0 saturated heterocycles. The number of carbonyl (C=O) groups is 1. The van der Waals surface area contributed by atoms with Crippen LogP contribution in [-0.2, 0) is 27.2 Å². The molecule has 0 aromatic carbocycles. The summed E-state index contributed by atoms with van der Waals surface area (Å²) in [5.74, 6) is 1.45. The Balaban J connectivity index is 1.62. The first-order chi connectivity index (χ1) is 13.0. The minimum Gasteiger partial charge on any atom is -0.479 e. The molecular weight excluding hydrogens is 346 g/mol. The van der Waals surface area contributed by atoms with Crippen molar-refractivity contribution in [3.63, 3.8) is 0 Å². The van der Waals surface area contributed by atoms with E-state index in [4.69, 9.17) is 9.15 Å². The molecule has 0 spiro atoms. The molecule has 1 fully saturated rings. The van der Waals surface area contributed by atoms with Gasteiger partial charge in [0.15, 0.2) is 0 Å². The largest absolute Gasteiger partial charge is 0.479 e. The number of methoxy groups -OCH3 is 1. The number of aromatic nitrogens is 4. The van der Waals surface area contributed by atoms with Crippen LogP contribution in [-0.4, -0.2) is 37.5 Å². The van der Waals surface area contributed by atoms with Gasteiger partial charge in [0, 0.05) is 31.9 Å². The summed E-state index contributed by atoms with van der Waals surface area (Å²) in [6.45, 7) is 0.733. The molecule has 0 aliphatic heterocycles. The SMILES string of the molecule is COc1nn(C)cc1C(=O)N(Cc1cc(C2CC2)n(C)n1)Cc1ccco1. The first-order valence-electron chi connectivity index (χ1n) is 8.97. The number of carbonyl (C=O) groups excluding carboxylic acids is 1. The van der Waals surface area contributed by atoms with Crippen molar-refractivity contribution >= 4 is 5.91 Å². The fourth-order valence-corrected chi connectivity index (χ4v) is 3.30. The van der Waals surface area contributed by atoms with Gasteiger partial charge < -0.3 is 14.1 Å². The molecular formula is C19H23N5O3. The zero-order chi connectivity index (χ0) is 19.0. The zero-order valence-corrected chi connectivity index (χ0v) is 15.8. The summed E-state index contributed by atoms with van der Waals surface area (Å²) in [6.07, 6.45) is 5.70. The monoisotopic (exact) mass is 369 g/mol. The molecule has 0 atom stereocenters. The van der Waals surface area contributed by atoms with Gasteiger partial charge in [0.05, 0.1) is 32.2 Å².